The van der Waals surface area contributed by atoms with Crippen LogP contribution in [0.1, 0.15) is 19.3 Å². The average molecular weight is 236 g/mol. The Hall–Kier alpha value is -1.29. The maximum Gasteiger partial charge on any atom is 0.214 e. The molecule has 0 saturated heterocycles. The van der Waals surface area contributed by atoms with Gasteiger partial charge in [0.2, 0.25) is 5.88 Å². The second kappa shape index (κ2) is 6.45. The zero-order valence-electron chi connectivity index (χ0n) is 10.3. The molecule has 94 valence electrons. The minimum Gasteiger partial charge on any atom is -0.481 e. The Morgan fingerprint density at radius 1 is 1.41 bits per heavy atom. The summed E-state index contributed by atoms with van der Waals surface area (Å²) >= 11 is 0. The summed E-state index contributed by atoms with van der Waals surface area (Å²) in [7, 11) is 1.62. The van der Waals surface area contributed by atoms with E-state index in [2.05, 4.69) is 10.3 Å². The van der Waals surface area contributed by atoms with Crippen molar-refractivity contribution in [1.29, 1.82) is 0 Å². The third-order valence-corrected chi connectivity index (χ3v) is 2.75. The van der Waals surface area contributed by atoms with E-state index in [9.17, 15) is 0 Å². The number of aromatic nitrogens is 1. The van der Waals surface area contributed by atoms with Gasteiger partial charge in [-0.3, -0.25) is 0 Å². The number of nitrogens with one attached hydrogen (secondary N) is 1. The highest BCUT2D eigenvalue weighted by atomic mass is 16.5. The molecule has 4 nitrogen and oxygen atoms in total. The zero-order valence-corrected chi connectivity index (χ0v) is 10.3. The van der Waals surface area contributed by atoms with Crippen LogP contribution in [0.15, 0.2) is 18.2 Å². The van der Waals surface area contributed by atoms with E-state index in [1.165, 1.54) is 12.8 Å². The van der Waals surface area contributed by atoms with Crippen LogP contribution in [-0.4, -0.2) is 31.9 Å². The van der Waals surface area contributed by atoms with Gasteiger partial charge in [0, 0.05) is 25.8 Å². The van der Waals surface area contributed by atoms with E-state index >= 15 is 0 Å². The van der Waals surface area contributed by atoms with Crippen LogP contribution in [0, 0.1) is 5.92 Å². The maximum atomic E-state index is 5.56. The number of rotatable bonds is 8. The molecule has 1 aliphatic rings. The zero-order chi connectivity index (χ0) is 11.9. The summed E-state index contributed by atoms with van der Waals surface area (Å²) in [6, 6.07) is 5.70. The van der Waals surface area contributed by atoms with E-state index in [-0.39, 0.29) is 0 Å². The minimum atomic E-state index is 0.639. The van der Waals surface area contributed by atoms with Crippen LogP contribution < -0.4 is 10.1 Å². The molecule has 0 aliphatic heterocycles. The Morgan fingerprint density at radius 2 is 2.29 bits per heavy atom. The van der Waals surface area contributed by atoms with Gasteiger partial charge in [0.1, 0.15) is 5.82 Å². The monoisotopic (exact) mass is 236 g/mol. The van der Waals surface area contributed by atoms with Gasteiger partial charge in [-0.25, -0.2) is 0 Å². The molecule has 2 rings (SSSR count). The first-order valence-electron chi connectivity index (χ1n) is 6.21. The second-order valence-corrected chi connectivity index (χ2v) is 4.36. The molecule has 1 aromatic rings. The molecule has 0 aromatic carbocycles. The molecule has 0 radical (unpaired) electrons. The highest BCUT2D eigenvalue weighted by molar-refractivity contribution is 5.36. The maximum absolute atomic E-state index is 5.56. The topological polar surface area (TPSA) is 43.4 Å². The van der Waals surface area contributed by atoms with E-state index < -0.39 is 0 Å². The summed E-state index contributed by atoms with van der Waals surface area (Å²) in [5, 5.41) is 3.25. The Balaban J connectivity index is 1.56. The minimum absolute atomic E-state index is 0.639. The van der Waals surface area contributed by atoms with Crippen LogP contribution in [0.3, 0.4) is 0 Å². The quantitative estimate of drug-likeness (QED) is 0.703. The molecule has 0 spiro atoms. The first-order valence-corrected chi connectivity index (χ1v) is 6.21. The van der Waals surface area contributed by atoms with E-state index in [1.54, 1.807) is 7.11 Å². The van der Waals surface area contributed by atoms with Gasteiger partial charge in [0.15, 0.2) is 0 Å². The molecular formula is C13H20N2O2. The van der Waals surface area contributed by atoms with Crippen LogP contribution in [0.5, 0.6) is 5.88 Å². The van der Waals surface area contributed by atoms with Gasteiger partial charge in [0.05, 0.1) is 7.11 Å². The third-order valence-electron chi connectivity index (χ3n) is 2.75. The van der Waals surface area contributed by atoms with Gasteiger partial charge in [0.25, 0.3) is 0 Å². The number of ether oxygens (including phenoxy) is 2. The van der Waals surface area contributed by atoms with Gasteiger partial charge in [-0.2, -0.15) is 4.98 Å². The summed E-state index contributed by atoms with van der Waals surface area (Å²) in [6.07, 6.45) is 3.71. The van der Waals surface area contributed by atoms with E-state index in [1.807, 2.05) is 18.2 Å². The second-order valence-electron chi connectivity index (χ2n) is 4.36. The van der Waals surface area contributed by atoms with Crippen LogP contribution >= 0.6 is 0 Å². The lowest BCUT2D eigenvalue weighted by atomic mass is 10.4. The van der Waals surface area contributed by atoms with Crippen LogP contribution in [0.25, 0.3) is 0 Å². The van der Waals surface area contributed by atoms with Gasteiger partial charge in [-0.05, 0) is 31.2 Å². The van der Waals surface area contributed by atoms with Gasteiger partial charge >= 0.3 is 0 Å². The predicted molar refractivity (Wildman–Crippen MR) is 67.4 cm³/mol. The fraction of sp³-hybridized carbons (Fsp3) is 0.615. The lowest BCUT2D eigenvalue weighted by Gasteiger charge is -2.07. The van der Waals surface area contributed by atoms with E-state index in [0.717, 1.165) is 37.9 Å². The highest BCUT2D eigenvalue weighted by Crippen LogP contribution is 2.28. The highest BCUT2D eigenvalue weighted by Gasteiger charge is 2.20. The number of pyridine rings is 1. The summed E-state index contributed by atoms with van der Waals surface area (Å²) < 4.78 is 10.6. The molecule has 1 aliphatic carbocycles. The van der Waals surface area contributed by atoms with Gasteiger partial charge < -0.3 is 14.8 Å². The third kappa shape index (κ3) is 4.61. The standard InChI is InChI=1S/C13H20N2O2/c1-16-13-5-2-4-12(15-13)14-8-3-9-17-10-11-6-7-11/h2,4-5,11H,3,6-10H2,1H3,(H,14,15). The number of anilines is 1. The summed E-state index contributed by atoms with van der Waals surface area (Å²) in [5.41, 5.74) is 0. The SMILES string of the molecule is COc1cccc(NCCCOCC2CC2)n1. The number of hydrogen-bond acceptors (Lipinski definition) is 4. The van der Waals surface area contributed by atoms with Crippen LogP contribution in [-0.2, 0) is 4.74 Å². The van der Waals surface area contributed by atoms with E-state index in [0.29, 0.717) is 5.88 Å². The molecule has 1 aromatic heterocycles. The molecule has 1 saturated carbocycles. The molecular weight excluding hydrogens is 216 g/mol. The van der Waals surface area contributed by atoms with Crippen molar-refractivity contribution < 1.29 is 9.47 Å². The van der Waals surface area contributed by atoms with Crippen molar-refractivity contribution >= 4 is 5.82 Å². The smallest absolute Gasteiger partial charge is 0.214 e. The fourth-order valence-corrected chi connectivity index (χ4v) is 1.55. The molecule has 1 fully saturated rings. The first-order chi connectivity index (χ1) is 8.38. The Morgan fingerprint density at radius 3 is 3.06 bits per heavy atom. The normalized spacial score (nSPS) is 14.6. The fourth-order valence-electron chi connectivity index (χ4n) is 1.55. The molecule has 0 amide bonds. The summed E-state index contributed by atoms with van der Waals surface area (Å²) in [6.45, 7) is 2.65. The summed E-state index contributed by atoms with van der Waals surface area (Å²) in [5.74, 6) is 2.34. The number of hydrogen-bond donors (Lipinski definition) is 1. The number of nitrogens with zero attached hydrogens (tertiary/aromatic N) is 1. The van der Waals surface area contributed by atoms with Crippen LogP contribution in [0.4, 0.5) is 5.82 Å². The molecule has 0 atom stereocenters. The van der Waals surface area contributed by atoms with Gasteiger partial charge in [-0.15, -0.1) is 0 Å². The lowest BCUT2D eigenvalue weighted by Crippen LogP contribution is -2.08. The van der Waals surface area contributed by atoms with E-state index in [4.69, 9.17) is 9.47 Å². The lowest BCUT2D eigenvalue weighted by molar-refractivity contribution is 0.124. The molecule has 4 heteroatoms. The largest absolute Gasteiger partial charge is 0.481 e. The average Bonchev–Trinajstić information content (AvgIpc) is 3.18. The van der Waals surface area contributed by atoms with Gasteiger partial charge in [-0.1, -0.05) is 6.07 Å². The Bertz CT molecular complexity index is 340. The first kappa shape index (κ1) is 12.2. The van der Waals surface area contributed by atoms with Crippen molar-refractivity contribution in [3.63, 3.8) is 0 Å². The van der Waals surface area contributed by atoms with Crippen molar-refractivity contribution in [3.05, 3.63) is 18.2 Å². The van der Waals surface area contributed by atoms with Crippen molar-refractivity contribution in [2.75, 3.05) is 32.2 Å². The molecule has 0 bridgehead atoms. The van der Waals surface area contributed by atoms with Crippen molar-refractivity contribution in [3.8, 4) is 5.88 Å². The van der Waals surface area contributed by atoms with Crippen molar-refractivity contribution in [1.82, 2.24) is 4.98 Å². The Labute approximate surface area is 102 Å². The molecule has 1 N–H and O–H groups in total. The Kier molecular flexibility index (Phi) is 4.62. The van der Waals surface area contributed by atoms with Crippen molar-refractivity contribution in [2.24, 2.45) is 5.92 Å². The number of methoxy groups -OCH3 is 1. The van der Waals surface area contributed by atoms with Crippen LogP contribution in [0.2, 0.25) is 0 Å². The molecule has 17 heavy (non-hydrogen) atoms. The van der Waals surface area contributed by atoms with Crippen molar-refractivity contribution in [2.45, 2.75) is 19.3 Å². The summed E-state index contributed by atoms with van der Waals surface area (Å²) in [4.78, 5) is 4.27. The molecule has 0 unspecified atom stereocenters. The predicted octanol–water partition coefficient (Wildman–Crippen LogP) is 2.32. The molecule has 1 heterocycles.